The maximum Gasteiger partial charge on any atom is 0.194 e. The van der Waals surface area contributed by atoms with Gasteiger partial charge >= 0.3 is 0 Å². The van der Waals surface area contributed by atoms with Gasteiger partial charge in [0.25, 0.3) is 0 Å². The van der Waals surface area contributed by atoms with E-state index >= 15 is 0 Å². The Morgan fingerprint density at radius 2 is 1.66 bits per heavy atom. The summed E-state index contributed by atoms with van der Waals surface area (Å²) in [4.78, 5) is 8.75. The summed E-state index contributed by atoms with van der Waals surface area (Å²) in [5.41, 5.74) is 4.71. The average molecular weight is 572 g/mol. The Morgan fingerprint density at radius 3 is 2.14 bits per heavy atom. The van der Waals surface area contributed by atoms with Crippen LogP contribution in [0, 0.1) is 13.0 Å². The zero-order valence-electron chi connectivity index (χ0n) is 17.1. The Morgan fingerprint density at radius 1 is 1.00 bits per heavy atom. The van der Waals surface area contributed by atoms with Crippen LogP contribution in [-0.2, 0) is 20.1 Å². The number of benzene rings is 2. The van der Waals surface area contributed by atoms with Gasteiger partial charge in [0.1, 0.15) is 0 Å². The molecule has 0 fully saturated rings. The van der Waals surface area contributed by atoms with E-state index in [0.29, 0.717) is 18.0 Å². The predicted octanol–water partition coefficient (Wildman–Crippen LogP) is 4.06. The number of hydrogen-bond donors (Lipinski definition) is 2. The summed E-state index contributed by atoms with van der Waals surface area (Å²) in [7, 11) is 1.60. The van der Waals surface area contributed by atoms with E-state index in [1.807, 2.05) is 37.3 Å². The monoisotopic (exact) mass is 572 g/mol. The van der Waals surface area contributed by atoms with Crippen molar-refractivity contribution in [1.82, 2.24) is 9.97 Å². The summed E-state index contributed by atoms with van der Waals surface area (Å²) in [5, 5.41) is 17.1. The molecule has 0 aliphatic heterocycles. The van der Waals surface area contributed by atoms with Crippen LogP contribution in [0.3, 0.4) is 0 Å². The number of nitrogens with zero attached hydrogens (tertiary/aromatic N) is 2. The third-order valence-corrected chi connectivity index (χ3v) is 3.91. The number of methoxy groups -OCH3 is 1. The van der Waals surface area contributed by atoms with Crippen LogP contribution in [0.4, 0.5) is 0 Å². The summed E-state index contributed by atoms with van der Waals surface area (Å²) in [6.45, 7) is 5.21. The molecule has 2 aromatic carbocycles. The Hall–Kier alpha value is -2.11. The van der Waals surface area contributed by atoms with Crippen LogP contribution in [0.1, 0.15) is 26.0 Å². The first-order chi connectivity index (χ1) is 13.4. The topological polar surface area (TPSA) is 75.5 Å². The molecular formula is C23H27IrN2O3-. The quantitative estimate of drug-likeness (QED) is 0.452. The Balaban J connectivity index is 0.000000456. The zero-order chi connectivity index (χ0) is 20.5. The van der Waals surface area contributed by atoms with Gasteiger partial charge in [-0.2, -0.15) is 0 Å². The van der Waals surface area contributed by atoms with E-state index in [0.717, 1.165) is 16.8 Å². The fraction of sp³-hybridized carbons (Fsp3) is 0.304. The van der Waals surface area contributed by atoms with Gasteiger partial charge in [-0.1, -0.05) is 41.5 Å². The Kier molecular flexibility index (Phi) is 10.7. The molecule has 2 unspecified atom stereocenters. The van der Waals surface area contributed by atoms with Crippen molar-refractivity contribution in [1.29, 1.82) is 0 Å². The predicted molar refractivity (Wildman–Crippen MR) is 111 cm³/mol. The Labute approximate surface area is 186 Å². The van der Waals surface area contributed by atoms with E-state index in [2.05, 4.69) is 34.2 Å². The van der Waals surface area contributed by atoms with Gasteiger partial charge in [0.2, 0.25) is 0 Å². The second-order valence-electron chi connectivity index (χ2n) is 6.66. The molecule has 2 atom stereocenters. The van der Waals surface area contributed by atoms with Crippen LogP contribution in [-0.4, -0.2) is 39.5 Å². The fourth-order valence-corrected chi connectivity index (χ4v) is 2.66. The van der Waals surface area contributed by atoms with Gasteiger partial charge in [-0.05, 0) is 27.2 Å². The molecule has 0 saturated heterocycles. The second-order valence-corrected chi connectivity index (χ2v) is 6.66. The van der Waals surface area contributed by atoms with Gasteiger partial charge in [0.15, 0.2) is 5.88 Å². The maximum atomic E-state index is 8.56. The number of aryl methyl sites for hydroxylation is 1. The molecule has 0 bridgehead atoms. The number of aliphatic hydroxyl groups excluding tert-OH is 2. The van der Waals surface area contributed by atoms with Crippen molar-refractivity contribution in [3.8, 4) is 28.3 Å². The summed E-state index contributed by atoms with van der Waals surface area (Å²) in [6.07, 6.45) is 1.46. The van der Waals surface area contributed by atoms with Crippen molar-refractivity contribution in [2.45, 2.75) is 39.4 Å². The minimum absolute atomic E-state index is 0. The molecule has 1 heterocycles. The third-order valence-electron chi connectivity index (χ3n) is 3.91. The van der Waals surface area contributed by atoms with Crippen molar-refractivity contribution in [2.75, 3.05) is 7.11 Å². The molecule has 0 spiro atoms. The number of aliphatic hydroxyl groups is 2. The summed E-state index contributed by atoms with van der Waals surface area (Å²) in [5.74, 6) is 0.527. The first-order valence-corrected chi connectivity index (χ1v) is 9.22. The van der Waals surface area contributed by atoms with Crippen LogP contribution in [0.5, 0.6) is 5.88 Å². The van der Waals surface area contributed by atoms with E-state index in [1.54, 1.807) is 27.2 Å². The van der Waals surface area contributed by atoms with Crippen molar-refractivity contribution in [2.24, 2.45) is 0 Å². The van der Waals surface area contributed by atoms with Crippen LogP contribution >= 0.6 is 0 Å². The molecular weight excluding hydrogens is 544 g/mol. The van der Waals surface area contributed by atoms with E-state index in [9.17, 15) is 0 Å². The van der Waals surface area contributed by atoms with Crippen molar-refractivity contribution >= 4 is 0 Å². The van der Waals surface area contributed by atoms with E-state index in [1.165, 1.54) is 5.56 Å². The summed E-state index contributed by atoms with van der Waals surface area (Å²) in [6, 6.07) is 19.5. The van der Waals surface area contributed by atoms with Gasteiger partial charge < -0.3 is 14.9 Å². The zero-order valence-corrected chi connectivity index (χ0v) is 19.5. The molecule has 1 aromatic heterocycles. The molecule has 0 aliphatic rings. The Bertz CT molecular complexity index is 848. The van der Waals surface area contributed by atoms with Crippen LogP contribution < -0.4 is 4.74 Å². The van der Waals surface area contributed by atoms with Gasteiger partial charge in [0.05, 0.1) is 25.0 Å². The van der Waals surface area contributed by atoms with Crippen LogP contribution in [0.2, 0.25) is 0 Å². The van der Waals surface area contributed by atoms with E-state index in [4.69, 9.17) is 14.9 Å². The third kappa shape index (κ3) is 8.03. The van der Waals surface area contributed by atoms with Crippen LogP contribution in [0.25, 0.3) is 22.4 Å². The molecule has 0 aliphatic carbocycles. The standard InChI is InChI=1S/C18H15N2O.C5H12O2.Ir/c1-13-12-19-17(18(20-13)21-2)16-10-8-15(9-11-16)14-6-4-3-5-7-14;1-4(6)3-5(2)7;/h3-10,12H,1-2H3;4-7H,3H2,1-2H3;/q-1;;. The first kappa shape index (κ1) is 24.9. The molecule has 1 radical (unpaired) electrons. The number of aromatic nitrogens is 2. The summed E-state index contributed by atoms with van der Waals surface area (Å²) < 4.78 is 5.30. The van der Waals surface area contributed by atoms with Gasteiger partial charge in [0, 0.05) is 32.0 Å². The molecule has 157 valence electrons. The van der Waals surface area contributed by atoms with Crippen molar-refractivity contribution in [3.63, 3.8) is 0 Å². The van der Waals surface area contributed by atoms with E-state index < -0.39 is 0 Å². The second kappa shape index (κ2) is 12.5. The van der Waals surface area contributed by atoms with Crippen molar-refractivity contribution in [3.05, 3.63) is 66.5 Å². The number of rotatable bonds is 5. The SMILES string of the molecule is CC(O)CC(C)O.COc1nc(C)cnc1-c1[c-]cc(-c2ccccc2)cc1.[Ir]. The molecule has 6 heteroatoms. The molecule has 0 saturated carbocycles. The molecule has 3 rings (SSSR count). The molecule has 5 nitrogen and oxygen atoms in total. The van der Waals surface area contributed by atoms with Crippen LogP contribution in [0.15, 0.2) is 54.7 Å². The molecule has 2 N–H and O–H groups in total. The first-order valence-electron chi connectivity index (χ1n) is 9.22. The summed E-state index contributed by atoms with van der Waals surface area (Å²) >= 11 is 0. The number of hydrogen-bond acceptors (Lipinski definition) is 5. The van der Waals surface area contributed by atoms with Gasteiger partial charge in [-0.25, -0.2) is 4.98 Å². The average Bonchev–Trinajstić information content (AvgIpc) is 2.68. The van der Waals surface area contributed by atoms with Gasteiger partial charge in [-0.3, -0.25) is 4.98 Å². The smallest absolute Gasteiger partial charge is 0.194 e. The molecule has 29 heavy (non-hydrogen) atoms. The fourth-order valence-electron chi connectivity index (χ4n) is 2.66. The minimum Gasteiger partial charge on any atom is -0.486 e. The minimum atomic E-state index is -0.375. The molecule has 3 aromatic rings. The number of ether oxygens (including phenoxy) is 1. The largest absolute Gasteiger partial charge is 0.486 e. The van der Waals surface area contributed by atoms with Crippen molar-refractivity contribution < 1.29 is 35.1 Å². The maximum absolute atomic E-state index is 8.56. The van der Waals surface area contributed by atoms with Gasteiger partial charge in [-0.15, -0.1) is 29.8 Å². The molecule has 0 amide bonds. The van der Waals surface area contributed by atoms with E-state index in [-0.39, 0.29) is 32.3 Å². The normalized spacial score (nSPS) is 12.1.